The summed E-state index contributed by atoms with van der Waals surface area (Å²) in [6, 6.07) is 8.75. The first-order chi connectivity index (χ1) is 11.3. The molecule has 0 amide bonds. The predicted octanol–water partition coefficient (Wildman–Crippen LogP) is 2.41. The molecule has 0 aliphatic carbocycles. The normalized spacial score (nSPS) is 17.1. The zero-order chi connectivity index (χ0) is 16.5. The van der Waals surface area contributed by atoms with Gasteiger partial charge in [-0.05, 0) is 50.0 Å². The van der Waals surface area contributed by atoms with Crippen LogP contribution in [0.2, 0.25) is 0 Å². The second-order valence-electron chi connectivity index (χ2n) is 5.92. The quantitative estimate of drug-likeness (QED) is 0.599. The van der Waals surface area contributed by atoms with Gasteiger partial charge in [-0.15, -0.1) is 0 Å². The SMILES string of the molecule is CCCNC(=NC)NCC(c1cccc(OC)c1)N1CCCC1. The van der Waals surface area contributed by atoms with Crippen molar-refractivity contribution in [3.8, 4) is 5.75 Å². The molecule has 1 aliphatic heterocycles. The zero-order valence-electron chi connectivity index (χ0n) is 14.6. The Balaban J connectivity index is 2.07. The van der Waals surface area contributed by atoms with Crippen LogP contribution in [0.15, 0.2) is 29.3 Å². The highest BCUT2D eigenvalue weighted by molar-refractivity contribution is 5.79. The Morgan fingerprint density at radius 1 is 1.30 bits per heavy atom. The maximum Gasteiger partial charge on any atom is 0.191 e. The predicted molar refractivity (Wildman–Crippen MR) is 96.2 cm³/mol. The molecule has 1 atom stereocenters. The summed E-state index contributed by atoms with van der Waals surface area (Å²) < 4.78 is 5.39. The van der Waals surface area contributed by atoms with Gasteiger partial charge in [-0.25, -0.2) is 0 Å². The largest absolute Gasteiger partial charge is 0.497 e. The van der Waals surface area contributed by atoms with Crippen LogP contribution in [-0.4, -0.2) is 51.2 Å². The molecule has 0 spiro atoms. The number of rotatable bonds is 7. The van der Waals surface area contributed by atoms with E-state index in [1.807, 2.05) is 13.1 Å². The molecule has 0 aromatic heterocycles. The molecule has 0 radical (unpaired) electrons. The average Bonchev–Trinajstić information content (AvgIpc) is 3.12. The summed E-state index contributed by atoms with van der Waals surface area (Å²) >= 11 is 0. The van der Waals surface area contributed by atoms with Gasteiger partial charge in [-0.2, -0.15) is 0 Å². The minimum absolute atomic E-state index is 0.341. The molecule has 0 bridgehead atoms. The van der Waals surface area contributed by atoms with Crippen LogP contribution in [0.4, 0.5) is 0 Å². The molecule has 1 saturated heterocycles. The maximum absolute atomic E-state index is 5.39. The van der Waals surface area contributed by atoms with Crippen molar-refractivity contribution in [2.24, 2.45) is 4.99 Å². The summed E-state index contributed by atoms with van der Waals surface area (Å²) in [5.74, 6) is 1.79. The van der Waals surface area contributed by atoms with Crippen LogP contribution >= 0.6 is 0 Å². The van der Waals surface area contributed by atoms with Gasteiger partial charge in [0.15, 0.2) is 5.96 Å². The Labute approximate surface area is 140 Å². The number of ether oxygens (including phenoxy) is 1. The monoisotopic (exact) mass is 318 g/mol. The standard InChI is InChI=1S/C18H30N4O/c1-4-10-20-18(19-2)21-14-17(22-11-5-6-12-22)15-8-7-9-16(13-15)23-3/h7-9,13,17H,4-6,10-12,14H2,1-3H3,(H2,19,20,21). The first kappa shape index (κ1) is 17.6. The number of aliphatic imine (C=N–C) groups is 1. The number of guanidine groups is 1. The summed E-state index contributed by atoms with van der Waals surface area (Å²) in [6.45, 7) is 6.25. The number of nitrogens with zero attached hydrogens (tertiary/aromatic N) is 2. The number of nitrogens with one attached hydrogen (secondary N) is 2. The number of hydrogen-bond donors (Lipinski definition) is 2. The molecule has 1 heterocycles. The molecule has 23 heavy (non-hydrogen) atoms. The molecule has 2 N–H and O–H groups in total. The van der Waals surface area contributed by atoms with E-state index < -0.39 is 0 Å². The maximum atomic E-state index is 5.39. The highest BCUT2D eigenvalue weighted by Crippen LogP contribution is 2.27. The van der Waals surface area contributed by atoms with Crippen molar-refractivity contribution >= 4 is 5.96 Å². The molecule has 5 nitrogen and oxygen atoms in total. The van der Waals surface area contributed by atoms with E-state index in [0.29, 0.717) is 6.04 Å². The van der Waals surface area contributed by atoms with Gasteiger partial charge in [0.25, 0.3) is 0 Å². The smallest absolute Gasteiger partial charge is 0.191 e. The zero-order valence-corrected chi connectivity index (χ0v) is 14.6. The van der Waals surface area contributed by atoms with Crippen molar-refractivity contribution in [3.63, 3.8) is 0 Å². The van der Waals surface area contributed by atoms with Gasteiger partial charge >= 0.3 is 0 Å². The Morgan fingerprint density at radius 2 is 2.09 bits per heavy atom. The lowest BCUT2D eigenvalue weighted by molar-refractivity contribution is 0.245. The number of hydrogen-bond acceptors (Lipinski definition) is 3. The fraction of sp³-hybridized carbons (Fsp3) is 0.611. The third-order valence-corrected chi connectivity index (χ3v) is 4.29. The second-order valence-corrected chi connectivity index (χ2v) is 5.92. The molecule has 2 rings (SSSR count). The molecule has 5 heteroatoms. The number of methoxy groups -OCH3 is 1. The van der Waals surface area contributed by atoms with E-state index >= 15 is 0 Å². The summed E-state index contributed by atoms with van der Waals surface area (Å²) in [4.78, 5) is 6.85. The van der Waals surface area contributed by atoms with Crippen molar-refractivity contribution in [2.75, 3.05) is 40.3 Å². The lowest BCUT2D eigenvalue weighted by atomic mass is 10.1. The van der Waals surface area contributed by atoms with Crippen molar-refractivity contribution in [3.05, 3.63) is 29.8 Å². The van der Waals surface area contributed by atoms with E-state index in [1.165, 1.54) is 18.4 Å². The van der Waals surface area contributed by atoms with Crippen molar-refractivity contribution in [2.45, 2.75) is 32.2 Å². The minimum Gasteiger partial charge on any atom is -0.497 e. The lowest BCUT2D eigenvalue weighted by Gasteiger charge is -2.29. The van der Waals surface area contributed by atoms with Crippen LogP contribution in [-0.2, 0) is 0 Å². The third-order valence-electron chi connectivity index (χ3n) is 4.29. The first-order valence-corrected chi connectivity index (χ1v) is 8.61. The minimum atomic E-state index is 0.341. The van der Waals surface area contributed by atoms with Gasteiger partial charge in [-0.3, -0.25) is 9.89 Å². The summed E-state index contributed by atoms with van der Waals surface area (Å²) in [5.41, 5.74) is 1.30. The second kappa shape index (κ2) is 9.40. The van der Waals surface area contributed by atoms with Gasteiger partial charge in [0.2, 0.25) is 0 Å². The molecular formula is C18H30N4O. The molecule has 1 aliphatic rings. The average molecular weight is 318 g/mol. The Kier molecular flexibility index (Phi) is 7.20. The van der Waals surface area contributed by atoms with Crippen LogP contribution in [0.25, 0.3) is 0 Å². The molecular weight excluding hydrogens is 288 g/mol. The van der Waals surface area contributed by atoms with Gasteiger partial charge in [0.05, 0.1) is 13.2 Å². The van der Waals surface area contributed by atoms with E-state index in [9.17, 15) is 0 Å². The molecule has 1 unspecified atom stereocenters. The highest BCUT2D eigenvalue weighted by Gasteiger charge is 2.24. The van der Waals surface area contributed by atoms with E-state index in [1.54, 1.807) is 7.11 Å². The van der Waals surface area contributed by atoms with Crippen molar-refractivity contribution in [1.82, 2.24) is 15.5 Å². The summed E-state index contributed by atoms with van der Waals surface area (Å²) in [6.07, 6.45) is 3.65. The fourth-order valence-electron chi connectivity index (χ4n) is 3.02. The molecule has 128 valence electrons. The van der Waals surface area contributed by atoms with E-state index in [0.717, 1.165) is 44.3 Å². The molecule has 1 aromatic carbocycles. The van der Waals surface area contributed by atoms with Gasteiger partial charge in [0.1, 0.15) is 5.75 Å². The van der Waals surface area contributed by atoms with E-state index in [2.05, 4.69) is 45.6 Å². The molecule has 1 fully saturated rings. The van der Waals surface area contributed by atoms with E-state index in [-0.39, 0.29) is 0 Å². The number of benzene rings is 1. The molecule has 0 saturated carbocycles. The van der Waals surface area contributed by atoms with Crippen LogP contribution in [0.5, 0.6) is 5.75 Å². The molecule has 1 aromatic rings. The van der Waals surface area contributed by atoms with Crippen LogP contribution in [0.3, 0.4) is 0 Å². The van der Waals surface area contributed by atoms with Crippen LogP contribution < -0.4 is 15.4 Å². The fourth-order valence-corrected chi connectivity index (χ4v) is 3.02. The van der Waals surface area contributed by atoms with Gasteiger partial charge < -0.3 is 15.4 Å². The third kappa shape index (κ3) is 5.13. The summed E-state index contributed by atoms with van der Waals surface area (Å²) in [5, 5.41) is 6.81. The van der Waals surface area contributed by atoms with Crippen LogP contribution in [0, 0.1) is 0 Å². The van der Waals surface area contributed by atoms with Gasteiger partial charge in [-0.1, -0.05) is 19.1 Å². The highest BCUT2D eigenvalue weighted by atomic mass is 16.5. The Hall–Kier alpha value is -1.75. The van der Waals surface area contributed by atoms with Gasteiger partial charge in [0, 0.05) is 20.1 Å². The van der Waals surface area contributed by atoms with Crippen molar-refractivity contribution < 1.29 is 4.74 Å². The van der Waals surface area contributed by atoms with E-state index in [4.69, 9.17) is 4.74 Å². The Bertz CT molecular complexity index is 498. The summed E-state index contributed by atoms with van der Waals surface area (Å²) in [7, 11) is 3.54. The number of likely N-dealkylation sites (tertiary alicyclic amines) is 1. The lowest BCUT2D eigenvalue weighted by Crippen LogP contribution is -2.42. The Morgan fingerprint density at radius 3 is 2.74 bits per heavy atom. The topological polar surface area (TPSA) is 48.9 Å². The van der Waals surface area contributed by atoms with Crippen molar-refractivity contribution in [1.29, 1.82) is 0 Å². The van der Waals surface area contributed by atoms with Crippen LogP contribution in [0.1, 0.15) is 37.8 Å². The first-order valence-electron chi connectivity index (χ1n) is 8.61.